The Morgan fingerprint density at radius 2 is 0.967 bits per heavy atom. The summed E-state index contributed by atoms with van der Waals surface area (Å²) >= 11 is 0. The van der Waals surface area contributed by atoms with Crippen LogP contribution in [0.3, 0.4) is 0 Å². The molecule has 0 fully saturated rings. The molecule has 0 aromatic heterocycles. The van der Waals surface area contributed by atoms with E-state index in [1.165, 1.54) is 81.8 Å². The van der Waals surface area contributed by atoms with Gasteiger partial charge in [-0.15, -0.1) is 0 Å². The van der Waals surface area contributed by atoms with Gasteiger partial charge in [-0.3, -0.25) is 4.90 Å². The minimum atomic E-state index is 0.256. The molecule has 2 aromatic rings. The first-order valence-corrected chi connectivity index (χ1v) is 12.5. The van der Waals surface area contributed by atoms with Crippen molar-refractivity contribution in [2.75, 3.05) is 0 Å². The summed E-state index contributed by atoms with van der Waals surface area (Å²) in [5, 5.41) is 0. The van der Waals surface area contributed by atoms with Crippen molar-refractivity contribution in [3.8, 4) is 0 Å². The third kappa shape index (κ3) is 9.04. The van der Waals surface area contributed by atoms with Crippen LogP contribution in [-0.4, -0.2) is 10.4 Å². The topological polar surface area (TPSA) is 3.24 Å². The van der Waals surface area contributed by atoms with Crippen LogP contribution in [0.5, 0.6) is 0 Å². The third-order valence-corrected chi connectivity index (χ3v) is 6.58. The molecule has 0 aliphatic rings. The van der Waals surface area contributed by atoms with Crippen molar-refractivity contribution in [1.29, 1.82) is 0 Å². The summed E-state index contributed by atoms with van der Waals surface area (Å²) in [6, 6.07) is 22.1. The SMILES string of the molecule is CCCCCCCC(C)(CCCCCC)N(Cc1ccccc1)Cc1ccccc1. The second kappa shape index (κ2) is 14.4. The second-order valence-electron chi connectivity index (χ2n) is 9.30. The molecule has 0 heterocycles. The molecule has 0 saturated heterocycles. The summed E-state index contributed by atoms with van der Waals surface area (Å²) in [5.41, 5.74) is 3.12. The van der Waals surface area contributed by atoms with Gasteiger partial charge in [0.1, 0.15) is 0 Å². The molecule has 0 N–H and O–H groups in total. The Balaban J connectivity index is 2.16. The molecule has 1 unspecified atom stereocenters. The van der Waals surface area contributed by atoms with Gasteiger partial charge in [0.25, 0.3) is 0 Å². The minimum Gasteiger partial charge on any atom is -0.289 e. The third-order valence-electron chi connectivity index (χ3n) is 6.58. The van der Waals surface area contributed by atoms with Crippen LogP contribution < -0.4 is 0 Å². The van der Waals surface area contributed by atoms with E-state index in [1.54, 1.807) is 0 Å². The van der Waals surface area contributed by atoms with Crippen LogP contribution in [0.25, 0.3) is 0 Å². The van der Waals surface area contributed by atoms with Crippen molar-refractivity contribution in [1.82, 2.24) is 4.90 Å². The highest BCUT2D eigenvalue weighted by molar-refractivity contribution is 5.18. The zero-order valence-electron chi connectivity index (χ0n) is 19.9. The van der Waals surface area contributed by atoms with E-state index in [0.29, 0.717) is 0 Å². The van der Waals surface area contributed by atoms with Crippen molar-refractivity contribution in [2.45, 2.75) is 110 Å². The van der Waals surface area contributed by atoms with Gasteiger partial charge >= 0.3 is 0 Å². The van der Waals surface area contributed by atoms with Gasteiger partial charge in [-0.25, -0.2) is 0 Å². The van der Waals surface area contributed by atoms with Crippen LogP contribution >= 0.6 is 0 Å². The molecule has 1 atom stereocenters. The summed E-state index contributed by atoms with van der Waals surface area (Å²) in [4.78, 5) is 2.78. The lowest BCUT2D eigenvalue weighted by Crippen LogP contribution is -2.45. The van der Waals surface area contributed by atoms with Crippen molar-refractivity contribution >= 4 is 0 Å². The number of rotatable bonds is 16. The highest BCUT2D eigenvalue weighted by atomic mass is 15.2. The van der Waals surface area contributed by atoms with Gasteiger partial charge < -0.3 is 0 Å². The number of hydrogen-bond acceptors (Lipinski definition) is 1. The molecule has 1 heteroatoms. The van der Waals surface area contributed by atoms with Crippen LogP contribution in [0.4, 0.5) is 0 Å². The van der Waals surface area contributed by atoms with Gasteiger partial charge in [0.05, 0.1) is 0 Å². The van der Waals surface area contributed by atoms with E-state index >= 15 is 0 Å². The molecular formula is C29H45N. The normalized spacial score (nSPS) is 13.5. The Hall–Kier alpha value is -1.60. The fraction of sp³-hybridized carbons (Fsp3) is 0.586. The van der Waals surface area contributed by atoms with E-state index in [2.05, 4.69) is 86.3 Å². The van der Waals surface area contributed by atoms with Gasteiger partial charge in [-0.1, -0.05) is 132 Å². The lowest BCUT2D eigenvalue weighted by Gasteiger charge is -2.42. The molecule has 0 saturated carbocycles. The van der Waals surface area contributed by atoms with E-state index in [4.69, 9.17) is 0 Å². The van der Waals surface area contributed by atoms with Gasteiger partial charge in [-0.2, -0.15) is 0 Å². The lowest BCUT2D eigenvalue weighted by atomic mass is 9.85. The maximum absolute atomic E-state index is 2.78. The molecule has 2 rings (SSSR count). The highest BCUT2D eigenvalue weighted by Gasteiger charge is 2.31. The second-order valence-corrected chi connectivity index (χ2v) is 9.30. The van der Waals surface area contributed by atoms with Gasteiger partial charge in [0.2, 0.25) is 0 Å². The average molecular weight is 408 g/mol. The van der Waals surface area contributed by atoms with E-state index in [9.17, 15) is 0 Å². The van der Waals surface area contributed by atoms with Crippen LogP contribution in [0, 0.1) is 0 Å². The van der Waals surface area contributed by atoms with Gasteiger partial charge in [0.15, 0.2) is 0 Å². The average Bonchev–Trinajstić information content (AvgIpc) is 2.78. The highest BCUT2D eigenvalue weighted by Crippen LogP contribution is 2.32. The Morgan fingerprint density at radius 3 is 1.40 bits per heavy atom. The molecule has 0 spiro atoms. The molecule has 0 aliphatic carbocycles. The van der Waals surface area contributed by atoms with Crippen LogP contribution in [-0.2, 0) is 13.1 Å². The summed E-state index contributed by atoms with van der Waals surface area (Å²) in [5.74, 6) is 0. The van der Waals surface area contributed by atoms with E-state index in [0.717, 1.165) is 13.1 Å². The minimum absolute atomic E-state index is 0.256. The standard InChI is InChI=1S/C29H45N/c1-4-6-8-10-18-24-29(3,23-17-9-7-5-2)30(25-27-19-13-11-14-20-27)26-28-21-15-12-16-22-28/h11-16,19-22H,4-10,17-18,23-26H2,1-3H3. The molecular weight excluding hydrogens is 362 g/mol. The quantitative estimate of drug-likeness (QED) is 0.251. The Morgan fingerprint density at radius 1 is 0.567 bits per heavy atom. The fourth-order valence-electron chi connectivity index (χ4n) is 4.53. The van der Waals surface area contributed by atoms with Crippen LogP contribution in [0.15, 0.2) is 60.7 Å². The largest absolute Gasteiger partial charge is 0.289 e. The monoisotopic (exact) mass is 407 g/mol. The zero-order chi connectivity index (χ0) is 21.5. The predicted molar refractivity (Wildman–Crippen MR) is 133 cm³/mol. The maximum atomic E-state index is 2.78. The maximum Gasteiger partial charge on any atom is 0.0242 e. The summed E-state index contributed by atoms with van der Waals surface area (Å²) < 4.78 is 0. The number of hydrogen-bond donors (Lipinski definition) is 0. The Bertz CT molecular complexity index is 609. The summed E-state index contributed by atoms with van der Waals surface area (Å²) in [7, 11) is 0. The van der Waals surface area contributed by atoms with Crippen molar-refractivity contribution in [3.63, 3.8) is 0 Å². The van der Waals surface area contributed by atoms with Crippen molar-refractivity contribution in [3.05, 3.63) is 71.8 Å². The molecule has 0 amide bonds. The number of unbranched alkanes of at least 4 members (excludes halogenated alkanes) is 7. The van der Waals surface area contributed by atoms with Crippen molar-refractivity contribution < 1.29 is 0 Å². The lowest BCUT2D eigenvalue weighted by molar-refractivity contribution is 0.0636. The molecule has 0 radical (unpaired) electrons. The Labute approximate surface area is 186 Å². The first-order valence-electron chi connectivity index (χ1n) is 12.5. The molecule has 2 aromatic carbocycles. The van der Waals surface area contributed by atoms with Crippen molar-refractivity contribution in [2.24, 2.45) is 0 Å². The van der Waals surface area contributed by atoms with E-state index in [-0.39, 0.29) is 5.54 Å². The van der Waals surface area contributed by atoms with Gasteiger partial charge in [-0.05, 0) is 30.9 Å². The zero-order valence-corrected chi connectivity index (χ0v) is 19.9. The molecule has 1 nitrogen and oxygen atoms in total. The fourth-order valence-corrected chi connectivity index (χ4v) is 4.53. The smallest absolute Gasteiger partial charge is 0.0242 e. The molecule has 166 valence electrons. The summed E-state index contributed by atoms with van der Waals surface area (Å²) in [6.45, 7) is 9.23. The first-order chi connectivity index (χ1) is 14.7. The van der Waals surface area contributed by atoms with Crippen LogP contribution in [0.2, 0.25) is 0 Å². The molecule has 30 heavy (non-hydrogen) atoms. The predicted octanol–water partition coefficient (Wildman–Crippen LogP) is 8.78. The van der Waals surface area contributed by atoms with Gasteiger partial charge in [0, 0.05) is 18.6 Å². The number of benzene rings is 2. The van der Waals surface area contributed by atoms with E-state index < -0.39 is 0 Å². The number of nitrogens with zero attached hydrogens (tertiary/aromatic N) is 1. The van der Waals surface area contributed by atoms with Crippen LogP contribution in [0.1, 0.15) is 103 Å². The molecule has 0 aliphatic heterocycles. The van der Waals surface area contributed by atoms with E-state index in [1.807, 2.05) is 0 Å². The Kier molecular flexibility index (Phi) is 11.9. The summed E-state index contributed by atoms with van der Waals surface area (Å²) in [6.07, 6.45) is 14.8. The first kappa shape index (κ1) is 24.7. The molecule has 0 bridgehead atoms.